The molecule has 96 valence electrons. The Morgan fingerprint density at radius 2 is 2.11 bits per heavy atom. The quantitative estimate of drug-likeness (QED) is 0.683. The summed E-state index contributed by atoms with van der Waals surface area (Å²) in [7, 11) is 0. The average molecular weight is 272 g/mol. The van der Waals surface area contributed by atoms with Gasteiger partial charge in [0.1, 0.15) is 5.82 Å². The van der Waals surface area contributed by atoms with Gasteiger partial charge in [-0.15, -0.1) is 11.6 Å². The number of rotatable bonds is 3. The fourth-order valence-electron chi connectivity index (χ4n) is 2.21. The summed E-state index contributed by atoms with van der Waals surface area (Å²) in [6, 6.07) is 12.2. The molecule has 2 aromatic heterocycles. The van der Waals surface area contributed by atoms with Crippen molar-refractivity contribution in [2.75, 3.05) is 0 Å². The van der Waals surface area contributed by atoms with Crippen molar-refractivity contribution in [2.45, 2.75) is 19.3 Å². The highest BCUT2D eigenvalue weighted by Gasteiger charge is 2.10. The molecule has 0 spiro atoms. The lowest BCUT2D eigenvalue weighted by Gasteiger charge is -2.07. The van der Waals surface area contributed by atoms with Crippen molar-refractivity contribution < 1.29 is 0 Å². The summed E-state index contributed by atoms with van der Waals surface area (Å²) >= 11 is 6.01. The highest BCUT2D eigenvalue weighted by atomic mass is 35.5. The van der Waals surface area contributed by atoms with Crippen LogP contribution < -0.4 is 0 Å². The summed E-state index contributed by atoms with van der Waals surface area (Å²) in [5.41, 5.74) is 4.32. The first-order chi connectivity index (χ1) is 9.28. The number of aryl methyl sites for hydroxylation is 1. The molecule has 3 rings (SSSR count). The lowest BCUT2D eigenvalue weighted by molar-refractivity contribution is 0.758. The standard InChI is InChI=1S/C15H14ClN3/c1-11-5-6-13-14(8-11)19(15(9-16)18-13)10-12-4-2-3-7-17-12/h2-8H,9-10H2,1H3. The largest absolute Gasteiger partial charge is 0.321 e. The van der Waals surface area contributed by atoms with Gasteiger partial charge in [0, 0.05) is 6.20 Å². The zero-order chi connectivity index (χ0) is 13.2. The smallest absolute Gasteiger partial charge is 0.125 e. The number of fused-ring (bicyclic) bond motifs is 1. The van der Waals surface area contributed by atoms with Gasteiger partial charge in [0.25, 0.3) is 0 Å². The zero-order valence-corrected chi connectivity index (χ0v) is 11.4. The fraction of sp³-hybridized carbons (Fsp3) is 0.200. The van der Waals surface area contributed by atoms with Gasteiger partial charge in [-0.2, -0.15) is 0 Å². The van der Waals surface area contributed by atoms with E-state index in [1.165, 1.54) is 5.56 Å². The molecule has 2 heterocycles. The normalized spacial score (nSPS) is 11.1. The minimum Gasteiger partial charge on any atom is -0.321 e. The van der Waals surface area contributed by atoms with E-state index < -0.39 is 0 Å². The van der Waals surface area contributed by atoms with Gasteiger partial charge in [-0.25, -0.2) is 4.98 Å². The molecule has 3 aromatic rings. The van der Waals surface area contributed by atoms with Gasteiger partial charge in [-0.3, -0.25) is 4.98 Å². The highest BCUT2D eigenvalue weighted by Crippen LogP contribution is 2.20. The van der Waals surface area contributed by atoms with Crippen molar-refractivity contribution in [3.8, 4) is 0 Å². The number of aromatic nitrogens is 3. The van der Waals surface area contributed by atoms with Crippen molar-refractivity contribution >= 4 is 22.6 Å². The van der Waals surface area contributed by atoms with Crippen LogP contribution in [0.25, 0.3) is 11.0 Å². The Labute approximate surface area is 116 Å². The summed E-state index contributed by atoms with van der Waals surface area (Å²) < 4.78 is 2.14. The number of hydrogen-bond donors (Lipinski definition) is 0. The summed E-state index contributed by atoms with van der Waals surface area (Å²) in [6.45, 7) is 2.78. The molecular weight excluding hydrogens is 258 g/mol. The van der Waals surface area contributed by atoms with Crippen molar-refractivity contribution in [3.63, 3.8) is 0 Å². The molecule has 0 N–H and O–H groups in total. The predicted octanol–water partition coefficient (Wildman–Crippen LogP) is 3.53. The van der Waals surface area contributed by atoms with Crippen molar-refractivity contribution in [3.05, 3.63) is 59.7 Å². The van der Waals surface area contributed by atoms with E-state index in [-0.39, 0.29) is 0 Å². The molecule has 0 saturated heterocycles. The number of pyridine rings is 1. The van der Waals surface area contributed by atoms with Crippen LogP contribution in [0.5, 0.6) is 0 Å². The van der Waals surface area contributed by atoms with E-state index >= 15 is 0 Å². The van der Waals surface area contributed by atoms with E-state index in [1.807, 2.05) is 24.3 Å². The topological polar surface area (TPSA) is 30.7 Å². The number of imidazole rings is 1. The maximum atomic E-state index is 6.01. The molecule has 0 unspecified atom stereocenters. The van der Waals surface area contributed by atoms with E-state index in [9.17, 15) is 0 Å². The number of alkyl halides is 1. The van der Waals surface area contributed by atoms with E-state index in [4.69, 9.17) is 11.6 Å². The van der Waals surface area contributed by atoms with Crippen LogP contribution in [0.3, 0.4) is 0 Å². The van der Waals surface area contributed by atoms with Crippen LogP contribution >= 0.6 is 11.6 Å². The molecule has 0 atom stereocenters. The van der Waals surface area contributed by atoms with Crippen LogP contribution in [0.1, 0.15) is 17.1 Å². The van der Waals surface area contributed by atoms with Gasteiger partial charge in [0.2, 0.25) is 0 Å². The Morgan fingerprint density at radius 3 is 2.84 bits per heavy atom. The third kappa shape index (κ3) is 2.34. The van der Waals surface area contributed by atoms with Crippen LogP contribution in [0.15, 0.2) is 42.6 Å². The molecule has 1 aromatic carbocycles. The predicted molar refractivity (Wildman–Crippen MR) is 77.4 cm³/mol. The molecule has 0 fully saturated rings. The summed E-state index contributed by atoms with van der Waals surface area (Å²) in [6.07, 6.45) is 1.81. The number of benzene rings is 1. The second kappa shape index (κ2) is 5.02. The van der Waals surface area contributed by atoms with E-state index in [0.29, 0.717) is 12.4 Å². The molecule has 0 aliphatic carbocycles. The Morgan fingerprint density at radius 1 is 1.21 bits per heavy atom. The van der Waals surface area contributed by atoms with Crippen LogP contribution in [-0.4, -0.2) is 14.5 Å². The van der Waals surface area contributed by atoms with Crippen LogP contribution in [-0.2, 0) is 12.4 Å². The molecule has 0 amide bonds. The van der Waals surface area contributed by atoms with Crippen molar-refractivity contribution in [2.24, 2.45) is 0 Å². The summed E-state index contributed by atoms with van der Waals surface area (Å²) in [5, 5.41) is 0. The second-order valence-electron chi connectivity index (χ2n) is 4.56. The first-order valence-electron chi connectivity index (χ1n) is 6.19. The van der Waals surface area contributed by atoms with Crippen LogP contribution in [0.2, 0.25) is 0 Å². The third-order valence-corrected chi connectivity index (χ3v) is 3.39. The second-order valence-corrected chi connectivity index (χ2v) is 4.83. The van der Waals surface area contributed by atoms with Gasteiger partial charge in [0.05, 0.1) is 29.2 Å². The molecule has 4 heteroatoms. The van der Waals surface area contributed by atoms with Crippen molar-refractivity contribution in [1.82, 2.24) is 14.5 Å². The van der Waals surface area contributed by atoms with Crippen LogP contribution in [0.4, 0.5) is 0 Å². The summed E-state index contributed by atoms with van der Waals surface area (Å²) in [4.78, 5) is 8.94. The molecular formula is C15H14ClN3. The summed E-state index contributed by atoms with van der Waals surface area (Å²) in [5.74, 6) is 1.29. The molecule has 0 aliphatic rings. The Bertz CT molecular complexity index is 704. The lowest BCUT2D eigenvalue weighted by atomic mass is 10.2. The Hall–Kier alpha value is -1.87. The first kappa shape index (κ1) is 12.2. The van der Waals surface area contributed by atoms with Gasteiger partial charge < -0.3 is 4.57 Å². The minimum absolute atomic E-state index is 0.403. The van der Waals surface area contributed by atoms with E-state index in [1.54, 1.807) is 6.20 Å². The van der Waals surface area contributed by atoms with Gasteiger partial charge in [-0.1, -0.05) is 12.1 Å². The SMILES string of the molecule is Cc1ccc2nc(CCl)n(Cc3ccccn3)c2c1. The van der Waals surface area contributed by atoms with E-state index in [0.717, 1.165) is 22.6 Å². The minimum atomic E-state index is 0.403. The number of nitrogens with zero attached hydrogens (tertiary/aromatic N) is 3. The van der Waals surface area contributed by atoms with Gasteiger partial charge >= 0.3 is 0 Å². The molecule has 19 heavy (non-hydrogen) atoms. The molecule has 3 nitrogen and oxygen atoms in total. The molecule has 0 bridgehead atoms. The molecule has 0 radical (unpaired) electrons. The lowest BCUT2D eigenvalue weighted by Crippen LogP contribution is -2.05. The van der Waals surface area contributed by atoms with Gasteiger partial charge in [-0.05, 0) is 36.8 Å². The average Bonchev–Trinajstić information content (AvgIpc) is 2.78. The van der Waals surface area contributed by atoms with Crippen LogP contribution in [0, 0.1) is 6.92 Å². The monoisotopic (exact) mass is 271 g/mol. The first-order valence-corrected chi connectivity index (χ1v) is 6.73. The maximum Gasteiger partial charge on any atom is 0.125 e. The Kier molecular flexibility index (Phi) is 3.22. The highest BCUT2D eigenvalue weighted by molar-refractivity contribution is 6.16. The molecule has 0 aliphatic heterocycles. The zero-order valence-electron chi connectivity index (χ0n) is 10.7. The Balaban J connectivity index is 2.12. The van der Waals surface area contributed by atoms with Crippen molar-refractivity contribution in [1.29, 1.82) is 0 Å². The molecule has 0 saturated carbocycles. The fourth-order valence-corrected chi connectivity index (χ4v) is 2.42. The number of halogens is 1. The van der Waals surface area contributed by atoms with E-state index in [2.05, 4.69) is 33.6 Å². The maximum absolute atomic E-state index is 6.01. The van der Waals surface area contributed by atoms with Gasteiger partial charge in [0.15, 0.2) is 0 Å². The third-order valence-electron chi connectivity index (χ3n) is 3.15. The number of hydrogen-bond acceptors (Lipinski definition) is 2.